The third-order valence-electron chi connectivity index (χ3n) is 6.92. The number of carboxylic acid groups (broad SMARTS) is 2. The van der Waals surface area contributed by atoms with Crippen molar-refractivity contribution in [2.45, 2.75) is 48.8 Å². The molecule has 1 unspecified atom stereocenters. The van der Waals surface area contributed by atoms with Crippen LogP contribution in [0.1, 0.15) is 31.5 Å². The predicted molar refractivity (Wildman–Crippen MR) is 158 cm³/mol. The Balaban J connectivity index is 1.22. The number of carbonyl (C=O) groups is 4. The molecular formula is C23H29N11O7S3. The number of nitrogen functional groups attached to an aromatic ring is 1. The van der Waals surface area contributed by atoms with E-state index in [2.05, 4.69) is 40.3 Å². The highest BCUT2D eigenvalue weighted by molar-refractivity contribution is 8.01. The number of anilines is 1. The van der Waals surface area contributed by atoms with Crippen molar-refractivity contribution in [1.82, 2.24) is 44.7 Å². The molecule has 3 aliphatic heterocycles. The van der Waals surface area contributed by atoms with Crippen molar-refractivity contribution in [3.63, 3.8) is 0 Å². The molecule has 3 aliphatic rings. The SMILES string of the molecule is Nc1nc(C(=NOCC(=O)O)C(=O)NC2C(=O)N3C(C(=O)O)=C(CSc4nnnn4CCCN4CCCCC4)CS[C@H]23)ns1. The normalized spacial score (nSPS) is 20.7. The maximum atomic E-state index is 13.1. The highest BCUT2D eigenvalue weighted by atomic mass is 32.2. The molecular weight excluding hydrogens is 639 g/mol. The Bertz CT molecular complexity index is 1470. The molecule has 2 atom stereocenters. The van der Waals surface area contributed by atoms with E-state index >= 15 is 0 Å². The second-order valence-electron chi connectivity index (χ2n) is 9.91. The van der Waals surface area contributed by atoms with Crippen LogP contribution >= 0.6 is 35.1 Å². The topological polar surface area (TPSA) is 244 Å². The first-order valence-corrected chi connectivity index (χ1v) is 16.4. The Hall–Kier alpha value is -3.82. The molecule has 21 heteroatoms. The second-order valence-corrected chi connectivity index (χ2v) is 12.7. The van der Waals surface area contributed by atoms with E-state index in [1.165, 1.54) is 42.8 Å². The molecule has 236 valence electrons. The number of aromatic nitrogens is 6. The Morgan fingerprint density at radius 1 is 1.18 bits per heavy atom. The lowest BCUT2D eigenvalue weighted by atomic mass is 10.0. The fraction of sp³-hybridized carbons (Fsp3) is 0.565. The largest absolute Gasteiger partial charge is 0.479 e. The number of fused-ring (bicyclic) bond motifs is 1. The highest BCUT2D eigenvalue weighted by Crippen LogP contribution is 2.41. The van der Waals surface area contributed by atoms with Crippen molar-refractivity contribution < 1.29 is 34.2 Å². The monoisotopic (exact) mass is 667 g/mol. The quantitative estimate of drug-likeness (QED) is 0.0843. The average molecular weight is 668 g/mol. The molecule has 0 bridgehead atoms. The van der Waals surface area contributed by atoms with E-state index in [0.29, 0.717) is 23.0 Å². The van der Waals surface area contributed by atoms with E-state index in [4.69, 9.17) is 15.7 Å². The smallest absolute Gasteiger partial charge is 0.352 e. The molecule has 5 heterocycles. The molecule has 44 heavy (non-hydrogen) atoms. The number of hydrogen-bond acceptors (Lipinski definition) is 16. The number of tetrazole rings is 1. The number of hydrogen-bond donors (Lipinski definition) is 4. The van der Waals surface area contributed by atoms with Crippen LogP contribution in [-0.4, -0.2) is 128 Å². The Morgan fingerprint density at radius 2 is 1.98 bits per heavy atom. The van der Waals surface area contributed by atoms with Crippen LogP contribution < -0.4 is 11.1 Å². The summed E-state index contributed by atoms with van der Waals surface area (Å²) in [5.74, 6) is -3.81. The van der Waals surface area contributed by atoms with Gasteiger partial charge in [-0.1, -0.05) is 23.3 Å². The number of nitrogens with one attached hydrogen (secondary N) is 1. The van der Waals surface area contributed by atoms with Gasteiger partial charge in [0.2, 0.25) is 23.3 Å². The Morgan fingerprint density at radius 3 is 2.68 bits per heavy atom. The molecule has 2 aromatic rings. The third kappa shape index (κ3) is 7.27. The van der Waals surface area contributed by atoms with Crippen molar-refractivity contribution in [3.8, 4) is 0 Å². The van der Waals surface area contributed by atoms with E-state index < -0.39 is 47.5 Å². The molecule has 2 saturated heterocycles. The standard InChI is InChI=1S/C23H29N11O7S3/c24-22-26-17(29-44-22)14(28-41-9-13(35)36)18(37)25-15-19(38)34-16(21(39)40)12(10-42-20(15)34)11-43-23-27-30-31-33(23)8-4-7-32-5-2-1-3-6-32/h15,20H,1-11H2,(H,25,37)(H,35,36)(H,39,40)(H2,24,26,29)/t15?,20-/m1/s1. The summed E-state index contributed by atoms with van der Waals surface area (Å²) >= 11 is 3.37. The highest BCUT2D eigenvalue weighted by Gasteiger charge is 2.54. The summed E-state index contributed by atoms with van der Waals surface area (Å²) in [4.78, 5) is 61.4. The van der Waals surface area contributed by atoms with Crippen LogP contribution in [0, 0.1) is 0 Å². The number of carboxylic acids is 2. The molecule has 2 aromatic heterocycles. The fourth-order valence-corrected chi connectivity index (χ4v) is 7.71. The van der Waals surface area contributed by atoms with Crippen molar-refractivity contribution in [2.24, 2.45) is 5.16 Å². The number of thioether (sulfide) groups is 2. The minimum Gasteiger partial charge on any atom is -0.479 e. The lowest BCUT2D eigenvalue weighted by Gasteiger charge is -2.49. The number of rotatable bonds is 14. The number of nitrogens with two attached hydrogens (primary N) is 1. The van der Waals surface area contributed by atoms with Gasteiger partial charge in [0.25, 0.3) is 11.8 Å². The van der Waals surface area contributed by atoms with Crippen LogP contribution in [0.25, 0.3) is 0 Å². The van der Waals surface area contributed by atoms with Crippen molar-refractivity contribution >= 4 is 69.7 Å². The van der Waals surface area contributed by atoms with Crippen LogP contribution in [0.5, 0.6) is 0 Å². The first-order chi connectivity index (χ1) is 21.2. The van der Waals surface area contributed by atoms with Crippen molar-refractivity contribution in [3.05, 3.63) is 17.1 Å². The van der Waals surface area contributed by atoms with Crippen LogP contribution in [0.4, 0.5) is 5.13 Å². The number of carbonyl (C=O) groups excluding carboxylic acids is 2. The van der Waals surface area contributed by atoms with Crippen molar-refractivity contribution in [2.75, 3.05) is 43.5 Å². The number of oxime groups is 1. The summed E-state index contributed by atoms with van der Waals surface area (Å²) in [7, 11) is 0. The Labute approximate surface area is 262 Å². The molecule has 2 fully saturated rings. The van der Waals surface area contributed by atoms with Crippen molar-refractivity contribution in [1.29, 1.82) is 0 Å². The molecule has 0 aromatic carbocycles. The number of β-lactam (4-membered cyclic amide) rings is 1. The molecule has 0 spiro atoms. The number of nitrogens with zero attached hydrogens (tertiary/aromatic N) is 9. The summed E-state index contributed by atoms with van der Waals surface area (Å²) in [6, 6.07) is -1.08. The second kappa shape index (κ2) is 14.3. The molecule has 0 aliphatic carbocycles. The summed E-state index contributed by atoms with van der Waals surface area (Å²) in [6.45, 7) is 2.98. The Kier molecular flexibility index (Phi) is 10.3. The van der Waals surface area contributed by atoms with Gasteiger partial charge < -0.3 is 31.0 Å². The van der Waals surface area contributed by atoms with Gasteiger partial charge in [0.15, 0.2) is 5.13 Å². The molecule has 2 amide bonds. The van der Waals surface area contributed by atoms with Gasteiger partial charge >= 0.3 is 11.9 Å². The zero-order valence-electron chi connectivity index (χ0n) is 23.2. The number of likely N-dealkylation sites (tertiary alicyclic amines) is 1. The van der Waals surface area contributed by atoms with Crippen LogP contribution in [0.3, 0.4) is 0 Å². The van der Waals surface area contributed by atoms with Gasteiger partial charge in [0.1, 0.15) is 17.1 Å². The molecule has 0 saturated carbocycles. The van der Waals surface area contributed by atoms with Crippen LogP contribution in [0.2, 0.25) is 0 Å². The number of aliphatic carboxylic acids is 2. The molecule has 5 rings (SSSR count). The van der Waals surface area contributed by atoms with Gasteiger partial charge in [-0.05, 0) is 54.9 Å². The zero-order chi connectivity index (χ0) is 31.2. The number of piperidine rings is 1. The third-order valence-corrected chi connectivity index (χ3v) is 9.84. The maximum absolute atomic E-state index is 13.1. The minimum absolute atomic E-state index is 0.0283. The minimum atomic E-state index is -1.33. The first-order valence-electron chi connectivity index (χ1n) is 13.6. The summed E-state index contributed by atoms with van der Waals surface area (Å²) in [5.41, 5.74) is 5.49. The summed E-state index contributed by atoms with van der Waals surface area (Å²) in [6.07, 6.45) is 4.60. The van der Waals surface area contributed by atoms with Gasteiger partial charge in [-0.15, -0.1) is 16.9 Å². The van der Waals surface area contributed by atoms with E-state index in [9.17, 15) is 24.3 Å². The fourth-order valence-electron chi connectivity index (χ4n) is 4.89. The lowest BCUT2D eigenvalue weighted by Crippen LogP contribution is -2.71. The molecule has 18 nitrogen and oxygen atoms in total. The van der Waals surface area contributed by atoms with E-state index in [0.717, 1.165) is 42.5 Å². The van der Waals surface area contributed by atoms with Crippen LogP contribution in [0.15, 0.2) is 21.6 Å². The zero-order valence-corrected chi connectivity index (χ0v) is 25.6. The van der Waals surface area contributed by atoms with E-state index in [-0.39, 0.29) is 22.4 Å². The summed E-state index contributed by atoms with van der Waals surface area (Å²) in [5, 5.41) is 36.7. The van der Waals surface area contributed by atoms with Gasteiger partial charge in [0, 0.05) is 29.6 Å². The van der Waals surface area contributed by atoms with Crippen LogP contribution in [-0.2, 0) is 30.6 Å². The summed E-state index contributed by atoms with van der Waals surface area (Å²) < 4.78 is 5.61. The van der Waals surface area contributed by atoms with Gasteiger partial charge in [0.05, 0.1) is 0 Å². The number of amides is 2. The van der Waals surface area contributed by atoms with E-state index in [1.807, 2.05) is 0 Å². The predicted octanol–water partition coefficient (Wildman–Crippen LogP) is -0.681. The first kappa shape index (κ1) is 31.6. The molecule has 5 N–H and O–H groups in total. The van der Waals surface area contributed by atoms with Gasteiger partial charge in [-0.3, -0.25) is 14.5 Å². The molecule has 0 radical (unpaired) electrons. The number of aryl methyl sites for hydroxylation is 1. The van der Waals surface area contributed by atoms with Gasteiger partial charge in [-0.2, -0.15) is 9.36 Å². The average Bonchev–Trinajstić information content (AvgIpc) is 3.65. The lowest BCUT2D eigenvalue weighted by molar-refractivity contribution is -0.150. The van der Waals surface area contributed by atoms with Gasteiger partial charge in [-0.25, -0.2) is 14.3 Å². The van der Waals surface area contributed by atoms with E-state index in [1.54, 1.807) is 4.68 Å². The maximum Gasteiger partial charge on any atom is 0.352 e.